The number of anilines is 2. The Bertz CT molecular complexity index is 1340. The highest BCUT2D eigenvalue weighted by Crippen LogP contribution is 2.36. The van der Waals surface area contributed by atoms with Crippen LogP contribution in [0.4, 0.5) is 11.4 Å². The van der Waals surface area contributed by atoms with Crippen LogP contribution in [0.1, 0.15) is 0 Å². The summed E-state index contributed by atoms with van der Waals surface area (Å²) in [5, 5.41) is 12.7. The van der Waals surface area contributed by atoms with Crippen LogP contribution < -0.4 is 20.5 Å². The quantitative estimate of drug-likeness (QED) is 0.435. The Hall–Kier alpha value is -3.56. The number of benzene rings is 3. The maximum absolute atomic E-state index is 12.3. The summed E-state index contributed by atoms with van der Waals surface area (Å²) in [6.45, 7) is -0.0287. The van der Waals surface area contributed by atoms with Crippen LogP contribution in [0, 0.1) is 0 Å². The molecule has 0 bridgehead atoms. The summed E-state index contributed by atoms with van der Waals surface area (Å²) < 4.78 is 33.9. The van der Waals surface area contributed by atoms with Gasteiger partial charge in [-0.05, 0) is 36.4 Å². The van der Waals surface area contributed by atoms with Gasteiger partial charge in [-0.15, -0.1) is 0 Å². The van der Waals surface area contributed by atoms with Gasteiger partial charge in [-0.3, -0.25) is 4.79 Å². The van der Waals surface area contributed by atoms with Gasteiger partial charge in [-0.25, -0.2) is 13.6 Å². The van der Waals surface area contributed by atoms with Crippen molar-refractivity contribution in [3.05, 3.63) is 60.7 Å². The molecule has 1 heterocycles. The molecule has 9 heteroatoms. The van der Waals surface area contributed by atoms with Gasteiger partial charge in [-0.1, -0.05) is 18.2 Å². The number of nitrogens with one attached hydrogen (secondary N) is 2. The molecule has 0 saturated heterocycles. The summed E-state index contributed by atoms with van der Waals surface area (Å²) >= 11 is 0. The number of para-hydroxylation sites is 1. The molecule has 0 saturated carbocycles. The van der Waals surface area contributed by atoms with Gasteiger partial charge in [0.05, 0.1) is 24.2 Å². The maximum Gasteiger partial charge on any atom is 0.243 e. The predicted molar refractivity (Wildman–Crippen MR) is 115 cm³/mol. The molecular formula is C21H19N3O5S. The van der Waals surface area contributed by atoms with Crippen LogP contribution in [-0.2, 0) is 14.8 Å². The molecule has 3 aromatic carbocycles. The van der Waals surface area contributed by atoms with E-state index in [0.717, 1.165) is 16.4 Å². The van der Waals surface area contributed by atoms with E-state index in [9.17, 15) is 13.2 Å². The number of furan rings is 1. The van der Waals surface area contributed by atoms with E-state index in [1.165, 1.54) is 24.3 Å². The molecule has 0 atom stereocenters. The lowest BCUT2D eigenvalue weighted by molar-refractivity contribution is -0.114. The second kappa shape index (κ2) is 7.69. The first-order chi connectivity index (χ1) is 14.3. The van der Waals surface area contributed by atoms with E-state index < -0.39 is 10.0 Å². The summed E-state index contributed by atoms with van der Waals surface area (Å²) in [6, 6.07) is 17.0. The van der Waals surface area contributed by atoms with Crippen molar-refractivity contribution >= 4 is 49.2 Å². The number of nitrogens with two attached hydrogens (primary N) is 1. The fourth-order valence-electron chi connectivity index (χ4n) is 3.17. The zero-order valence-corrected chi connectivity index (χ0v) is 16.8. The van der Waals surface area contributed by atoms with E-state index in [1.807, 2.05) is 30.3 Å². The van der Waals surface area contributed by atoms with Crippen molar-refractivity contribution < 1.29 is 22.4 Å². The van der Waals surface area contributed by atoms with Gasteiger partial charge in [0.2, 0.25) is 15.9 Å². The summed E-state index contributed by atoms with van der Waals surface area (Å²) in [7, 11) is -2.22. The van der Waals surface area contributed by atoms with Crippen molar-refractivity contribution in [2.24, 2.45) is 5.14 Å². The number of hydrogen-bond donors (Lipinski definition) is 3. The van der Waals surface area contributed by atoms with Crippen molar-refractivity contribution in [1.82, 2.24) is 0 Å². The molecule has 4 aromatic rings. The lowest BCUT2D eigenvalue weighted by Crippen LogP contribution is -2.22. The Morgan fingerprint density at radius 3 is 2.47 bits per heavy atom. The molecule has 1 amide bonds. The number of ether oxygens (including phenoxy) is 1. The SMILES string of the molecule is COc1cc2c(cc1NCC(=O)Nc1ccc(S(N)(=O)=O)cc1)oc1ccccc12. The van der Waals surface area contributed by atoms with Crippen molar-refractivity contribution in [2.75, 3.05) is 24.3 Å². The Labute approximate surface area is 172 Å². The molecular weight excluding hydrogens is 406 g/mol. The molecule has 1 aromatic heterocycles. The highest BCUT2D eigenvalue weighted by Gasteiger charge is 2.13. The molecule has 30 heavy (non-hydrogen) atoms. The van der Waals surface area contributed by atoms with E-state index in [4.69, 9.17) is 14.3 Å². The molecule has 4 N–H and O–H groups in total. The first-order valence-electron chi connectivity index (χ1n) is 9.01. The third-order valence-corrected chi connectivity index (χ3v) is 5.53. The molecule has 8 nitrogen and oxygen atoms in total. The fraction of sp³-hybridized carbons (Fsp3) is 0.0952. The number of hydrogen-bond acceptors (Lipinski definition) is 6. The lowest BCUT2D eigenvalue weighted by atomic mass is 10.1. The smallest absolute Gasteiger partial charge is 0.243 e. The molecule has 4 rings (SSSR count). The zero-order valence-electron chi connectivity index (χ0n) is 16.0. The fourth-order valence-corrected chi connectivity index (χ4v) is 3.68. The number of fused-ring (bicyclic) bond motifs is 3. The minimum atomic E-state index is -3.78. The minimum absolute atomic E-state index is 0.0255. The Morgan fingerprint density at radius 2 is 1.77 bits per heavy atom. The molecule has 0 aliphatic carbocycles. The van der Waals surface area contributed by atoms with E-state index in [1.54, 1.807) is 13.2 Å². The number of sulfonamides is 1. The second-order valence-electron chi connectivity index (χ2n) is 6.62. The summed E-state index contributed by atoms with van der Waals surface area (Å²) in [6.07, 6.45) is 0. The van der Waals surface area contributed by atoms with Crippen LogP contribution in [0.5, 0.6) is 5.75 Å². The minimum Gasteiger partial charge on any atom is -0.495 e. The van der Waals surface area contributed by atoms with Crippen LogP contribution in [0.2, 0.25) is 0 Å². The highest BCUT2D eigenvalue weighted by atomic mass is 32.2. The average Bonchev–Trinajstić information content (AvgIpc) is 3.08. The van der Waals surface area contributed by atoms with Crippen LogP contribution >= 0.6 is 0 Å². The van der Waals surface area contributed by atoms with Crippen LogP contribution in [0.15, 0.2) is 70.0 Å². The Kier molecular flexibility index (Phi) is 5.06. The largest absolute Gasteiger partial charge is 0.495 e. The standard InChI is InChI=1S/C21H19N3O5S/c1-28-20-10-16-15-4-2-3-5-18(15)29-19(16)11-17(20)23-12-21(25)24-13-6-8-14(9-7-13)30(22,26)27/h2-11,23H,12H2,1H3,(H,24,25)(H2,22,26,27). The molecule has 0 spiro atoms. The topological polar surface area (TPSA) is 124 Å². The molecule has 0 radical (unpaired) electrons. The first kappa shape index (κ1) is 19.7. The summed E-state index contributed by atoms with van der Waals surface area (Å²) in [4.78, 5) is 12.3. The van der Waals surface area contributed by atoms with Gasteiger partial charge in [0.25, 0.3) is 0 Å². The molecule has 0 unspecified atom stereocenters. The van der Waals surface area contributed by atoms with E-state index in [0.29, 0.717) is 22.7 Å². The monoisotopic (exact) mass is 425 g/mol. The first-order valence-corrected chi connectivity index (χ1v) is 10.6. The van der Waals surface area contributed by atoms with Crippen molar-refractivity contribution in [3.8, 4) is 5.75 Å². The maximum atomic E-state index is 12.3. The summed E-state index contributed by atoms with van der Waals surface area (Å²) in [5.41, 5.74) is 2.52. The molecule has 0 aliphatic heterocycles. The van der Waals surface area contributed by atoms with Crippen molar-refractivity contribution in [3.63, 3.8) is 0 Å². The van der Waals surface area contributed by atoms with Gasteiger partial charge in [-0.2, -0.15) is 0 Å². The van der Waals surface area contributed by atoms with Gasteiger partial charge < -0.3 is 19.8 Å². The molecule has 0 aliphatic rings. The lowest BCUT2D eigenvalue weighted by Gasteiger charge is -2.12. The van der Waals surface area contributed by atoms with Crippen molar-refractivity contribution in [2.45, 2.75) is 4.90 Å². The average molecular weight is 425 g/mol. The van der Waals surface area contributed by atoms with E-state index >= 15 is 0 Å². The van der Waals surface area contributed by atoms with Crippen LogP contribution in [-0.4, -0.2) is 28.0 Å². The van der Waals surface area contributed by atoms with Crippen molar-refractivity contribution in [1.29, 1.82) is 0 Å². The van der Waals surface area contributed by atoms with Gasteiger partial charge >= 0.3 is 0 Å². The van der Waals surface area contributed by atoms with Gasteiger partial charge in [0.15, 0.2) is 0 Å². The Morgan fingerprint density at radius 1 is 1.03 bits per heavy atom. The number of methoxy groups -OCH3 is 1. The number of rotatable bonds is 6. The number of primary sulfonamides is 1. The van der Waals surface area contributed by atoms with Gasteiger partial charge in [0, 0.05) is 22.5 Å². The molecule has 0 fully saturated rings. The predicted octanol–water partition coefficient (Wildman–Crippen LogP) is 3.29. The van der Waals surface area contributed by atoms with E-state index in [2.05, 4.69) is 10.6 Å². The Balaban J connectivity index is 1.50. The summed E-state index contributed by atoms with van der Waals surface area (Å²) in [5.74, 6) is 0.268. The number of carbonyl (C=O) groups is 1. The normalized spacial score (nSPS) is 11.5. The second-order valence-corrected chi connectivity index (χ2v) is 8.18. The third-order valence-electron chi connectivity index (χ3n) is 4.60. The third kappa shape index (κ3) is 3.93. The number of carbonyl (C=O) groups excluding carboxylic acids is 1. The van der Waals surface area contributed by atoms with E-state index in [-0.39, 0.29) is 17.3 Å². The van der Waals surface area contributed by atoms with Gasteiger partial charge in [0.1, 0.15) is 16.9 Å². The highest BCUT2D eigenvalue weighted by molar-refractivity contribution is 7.89. The zero-order chi connectivity index (χ0) is 21.3. The van der Waals surface area contributed by atoms with Crippen LogP contribution in [0.25, 0.3) is 21.9 Å². The van der Waals surface area contributed by atoms with Crippen LogP contribution in [0.3, 0.4) is 0 Å². The molecule has 154 valence electrons. The number of amides is 1.